The number of ether oxygens (including phenoxy) is 1. The molecular formula is C24H27NO4. The van der Waals surface area contributed by atoms with Crippen molar-refractivity contribution in [2.24, 2.45) is 0 Å². The summed E-state index contributed by atoms with van der Waals surface area (Å²) in [5.74, 6) is -0.619. The Kier molecular flexibility index (Phi) is 6.37. The number of amides is 1. The van der Waals surface area contributed by atoms with Crippen molar-refractivity contribution >= 4 is 17.4 Å². The van der Waals surface area contributed by atoms with Gasteiger partial charge in [0.05, 0.1) is 18.2 Å². The van der Waals surface area contributed by atoms with Gasteiger partial charge in [0.25, 0.3) is 11.7 Å². The molecule has 152 valence electrons. The van der Waals surface area contributed by atoms with Crippen molar-refractivity contribution < 1.29 is 19.4 Å². The maximum absolute atomic E-state index is 12.8. The van der Waals surface area contributed by atoms with Crippen molar-refractivity contribution in [2.75, 3.05) is 13.2 Å². The summed E-state index contributed by atoms with van der Waals surface area (Å²) in [6, 6.07) is 14.1. The second-order valence-electron chi connectivity index (χ2n) is 7.23. The zero-order valence-electron chi connectivity index (χ0n) is 17.1. The summed E-state index contributed by atoms with van der Waals surface area (Å²) in [4.78, 5) is 27.1. The van der Waals surface area contributed by atoms with Gasteiger partial charge in [0.1, 0.15) is 11.5 Å². The molecule has 2 aromatic rings. The summed E-state index contributed by atoms with van der Waals surface area (Å²) in [7, 11) is 0. The van der Waals surface area contributed by atoms with Gasteiger partial charge in [-0.2, -0.15) is 0 Å². The predicted octanol–water partition coefficient (Wildman–Crippen LogP) is 4.62. The van der Waals surface area contributed by atoms with E-state index in [2.05, 4.69) is 0 Å². The Balaban J connectivity index is 2.09. The first-order chi connectivity index (χ1) is 14.0. The first kappa shape index (κ1) is 20.6. The highest BCUT2D eigenvalue weighted by molar-refractivity contribution is 6.46. The van der Waals surface area contributed by atoms with Crippen LogP contribution in [0.15, 0.2) is 54.1 Å². The maximum atomic E-state index is 12.8. The van der Waals surface area contributed by atoms with Crippen LogP contribution in [0.3, 0.4) is 0 Å². The standard InChI is InChI=1S/C24H27NO4/c1-4-13-25-21(17-9-7-6-8-10-17)20(23(27)24(25)28)22(26)18-11-12-19(16(3)15-18)29-14-5-2/h6-12,15,21,26H,4-5,13-14H2,1-3H3/b22-20-. The van der Waals surface area contributed by atoms with Crippen molar-refractivity contribution in [2.45, 2.75) is 39.7 Å². The molecule has 1 aliphatic heterocycles. The number of aliphatic hydroxyl groups excluding tert-OH is 1. The van der Waals surface area contributed by atoms with Crippen LogP contribution >= 0.6 is 0 Å². The highest BCUT2D eigenvalue weighted by atomic mass is 16.5. The Morgan fingerprint density at radius 3 is 2.41 bits per heavy atom. The number of rotatable bonds is 7. The van der Waals surface area contributed by atoms with Crippen LogP contribution in [0.1, 0.15) is 49.4 Å². The Morgan fingerprint density at radius 1 is 1.07 bits per heavy atom. The van der Waals surface area contributed by atoms with E-state index < -0.39 is 17.7 Å². The van der Waals surface area contributed by atoms with Gasteiger partial charge in [-0.05, 0) is 49.1 Å². The molecule has 1 saturated heterocycles. The normalized spacial score (nSPS) is 18.3. The minimum atomic E-state index is -0.645. The number of aliphatic hydroxyl groups is 1. The Bertz CT molecular complexity index is 933. The second kappa shape index (κ2) is 8.95. The Labute approximate surface area is 171 Å². The van der Waals surface area contributed by atoms with E-state index in [0.717, 1.165) is 29.7 Å². The SMILES string of the molecule is CCCOc1ccc(/C(O)=C2/C(=O)C(=O)N(CCC)C2c2ccccc2)cc1C. The molecule has 1 atom stereocenters. The van der Waals surface area contributed by atoms with Crippen LogP contribution in [0, 0.1) is 6.92 Å². The quantitative estimate of drug-likeness (QED) is 0.424. The average molecular weight is 393 g/mol. The molecule has 1 heterocycles. The first-order valence-electron chi connectivity index (χ1n) is 10.1. The zero-order valence-corrected chi connectivity index (χ0v) is 17.1. The summed E-state index contributed by atoms with van der Waals surface area (Å²) in [5.41, 5.74) is 2.31. The number of likely N-dealkylation sites (tertiary alicyclic amines) is 1. The summed E-state index contributed by atoms with van der Waals surface area (Å²) in [6.07, 6.45) is 1.62. The number of carbonyl (C=O) groups excluding carboxylic acids is 2. The van der Waals surface area contributed by atoms with Crippen LogP contribution in [0.25, 0.3) is 5.76 Å². The number of ketones is 1. The number of aryl methyl sites for hydroxylation is 1. The number of carbonyl (C=O) groups is 2. The highest BCUT2D eigenvalue weighted by Gasteiger charge is 2.45. The van der Waals surface area contributed by atoms with Crippen molar-refractivity contribution in [1.82, 2.24) is 4.90 Å². The fourth-order valence-corrected chi connectivity index (χ4v) is 3.66. The molecule has 5 nitrogen and oxygen atoms in total. The van der Waals surface area contributed by atoms with Crippen LogP contribution in [0.5, 0.6) is 5.75 Å². The van der Waals surface area contributed by atoms with Gasteiger partial charge in [0.2, 0.25) is 0 Å². The molecule has 1 unspecified atom stereocenters. The van der Waals surface area contributed by atoms with E-state index >= 15 is 0 Å². The van der Waals surface area contributed by atoms with E-state index in [0.29, 0.717) is 18.7 Å². The Hall–Kier alpha value is -3.08. The van der Waals surface area contributed by atoms with E-state index in [-0.39, 0.29) is 11.3 Å². The predicted molar refractivity (Wildman–Crippen MR) is 113 cm³/mol. The van der Waals surface area contributed by atoms with Gasteiger partial charge in [0, 0.05) is 12.1 Å². The number of benzene rings is 2. The molecule has 0 spiro atoms. The average Bonchev–Trinajstić information content (AvgIpc) is 2.98. The van der Waals surface area contributed by atoms with E-state index in [1.54, 1.807) is 23.1 Å². The summed E-state index contributed by atoms with van der Waals surface area (Å²) in [5, 5.41) is 11.1. The van der Waals surface area contributed by atoms with Crippen molar-refractivity contribution in [3.8, 4) is 5.75 Å². The maximum Gasteiger partial charge on any atom is 0.295 e. The molecule has 2 aromatic carbocycles. The van der Waals surface area contributed by atoms with Crippen molar-refractivity contribution in [3.05, 3.63) is 70.8 Å². The van der Waals surface area contributed by atoms with Crippen LogP contribution in [0.2, 0.25) is 0 Å². The molecule has 1 N–H and O–H groups in total. The number of hydrogen-bond donors (Lipinski definition) is 1. The van der Waals surface area contributed by atoms with Crippen molar-refractivity contribution in [1.29, 1.82) is 0 Å². The van der Waals surface area contributed by atoms with Gasteiger partial charge in [-0.25, -0.2) is 0 Å². The zero-order chi connectivity index (χ0) is 21.0. The molecule has 0 bridgehead atoms. The highest BCUT2D eigenvalue weighted by Crippen LogP contribution is 2.39. The van der Waals surface area contributed by atoms with E-state index in [1.807, 2.05) is 51.1 Å². The Morgan fingerprint density at radius 2 is 1.79 bits per heavy atom. The fraction of sp³-hybridized carbons (Fsp3) is 0.333. The van der Waals surface area contributed by atoms with Crippen LogP contribution < -0.4 is 4.74 Å². The molecule has 0 radical (unpaired) electrons. The molecule has 29 heavy (non-hydrogen) atoms. The smallest absolute Gasteiger partial charge is 0.295 e. The molecule has 0 aliphatic carbocycles. The lowest BCUT2D eigenvalue weighted by molar-refractivity contribution is -0.139. The van der Waals surface area contributed by atoms with Gasteiger partial charge in [-0.1, -0.05) is 44.2 Å². The van der Waals surface area contributed by atoms with E-state index in [4.69, 9.17) is 4.74 Å². The van der Waals surface area contributed by atoms with E-state index in [1.165, 1.54) is 0 Å². The first-order valence-corrected chi connectivity index (χ1v) is 10.1. The largest absolute Gasteiger partial charge is 0.507 e. The van der Waals surface area contributed by atoms with Crippen LogP contribution in [-0.2, 0) is 9.59 Å². The monoisotopic (exact) mass is 393 g/mol. The lowest BCUT2D eigenvalue weighted by Crippen LogP contribution is -2.30. The lowest BCUT2D eigenvalue weighted by Gasteiger charge is -2.24. The van der Waals surface area contributed by atoms with Gasteiger partial charge < -0.3 is 14.7 Å². The minimum Gasteiger partial charge on any atom is -0.507 e. The third-order valence-electron chi connectivity index (χ3n) is 5.03. The third-order valence-corrected chi connectivity index (χ3v) is 5.03. The molecule has 0 saturated carbocycles. The fourth-order valence-electron chi connectivity index (χ4n) is 3.66. The molecule has 0 aromatic heterocycles. The topological polar surface area (TPSA) is 66.8 Å². The van der Waals surface area contributed by atoms with Gasteiger partial charge in [0.15, 0.2) is 0 Å². The van der Waals surface area contributed by atoms with Crippen molar-refractivity contribution in [3.63, 3.8) is 0 Å². The summed E-state index contributed by atoms with van der Waals surface area (Å²) >= 11 is 0. The van der Waals surface area contributed by atoms with E-state index in [9.17, 15) is 14.7 Å². The molecule has 1 aliphatic rings. The third kappa shape index (κ3) is 4.04. The number of Topliss-reactive ketones (excluding diaryl/α,β-unsaturated/α-hetero) is 1. The summed E-state index contributed by atoms with van der Waals surface area (Å²) in [6.45, 7) is 6.95. The van der Waals surface area contributed by atoms with Gasteiger partial charge in [-0.3, -0.25) is 9.59 Å². The van der Waals surface area contributed by atoms with Crippen LogP contribution in [-0.4, -0.2) is 34.8 Å². The lowest BCUT2D eigenvalue weighted by atomic mass is 9.95. The number of nitrogens with zero attached hydrogens (tertiary/aromatic N) is 1. The van der Waals surface area contributed by atoms with Gasteiger partial charge in [-0.15, -0.1) is 0 Å². The molecule has 3 rings (SSSR count). The van der Waals surface area contributed by atoms with Crippen LogP contribution in [0.4, 0.5) is 0 Å². The van der Waals surface area contributed by atoms with Gasteiger partial charge >= 0.3 is 0 Å². The number of hydrogen-bond acceptors (Lipinski definition) is 4. The molecule has 1 amide bonds. The molecule has 5 heteroatoms. The molecule has 1 fully saturated rings. The summed E-state index contributed by atoms with van der Waals surface area (Å²) < 4.78 is 5.70. The second-order valence-corrected chi connectivity index (χ2v) is 7.23. The minimum absolute atomic E-state index is 0.135. The molecular weight excluding hydrogens is 366 g/mol.